The maximum absolute atomic E-state index is 13.7. The first kappa shape index (κ1) is 21.4. The summed E-state index contributed by atoms with van der Waals surface area (Å²) in [5.41, 5.74) is -0.870. The van der Waals surface area contributed by atoms with Crippen LogP contribution in [0.25, 0.3) is 0 Å². The van der Waals surface area contributed by atoms with Crippen LogP contribution in [-0.2, 0) is 19.9 Å². The second-order valence-electron chi connectivity index (χ2n) is 9.84. The highest BCUT2D eigenvalue weighted by atomic mass is 16.6. The number of fused-ring (bicyclic) bond motifs is 3. The Bertz CT molecular complexity index is 739. The van der Waals surface area contributed by atoms with E-state index in [1.54, 1.807) is 0 Å². The van der Waals surface area contributed by atoms with Crippen LogP contribution < -0.4 is 0 Å². The highest BCUT2D eigenvalue weighted by Gasteiger charge is 2.51. The molecule has 0 aromatic heterocycles. The molecule has 0 amide bonds. The van der Waals surface area contributed by atoms with Gasteiger partial charge in [0.05, 0.1) is 19.3 Å². The Hall–Kier alpha value is -1.47. The number of benzene rings is 1. The number of morpholine rings is 1. The van der Waals surface area contributed by atoms with Gasteiger partial charge < -0.3 is 14.6 Å². The Morgan fingerprint density at radius 1 is 1.03 bits per heavy atom. The number of carbonyl (C=O) groups excluding carboxylic acids is 1. The molecule has 31 heavy (non-hydrogen) atoms. The Morgan fingerprint density at radius 3 is 2.39 bits per heavy atom. The van der Waals surface area contributed by atoms with Gasteiger partial charge >= 0.3 is 5.97 Å². The first-order valence-electron chi connectivity index (χ1n) is 12.2. The summed E-state index contributed by atoms with van der Waals surface area (Å²) in [5.74, 6) is -0.110. The summed E-state index contributed by atoms with van der Waals surface area (Å²) in [5, 5.41) is 11.8. The zero-order chi connectivity index (χ0) is 21.3. The second kappa shape index (κ2) is 9.18. The molecule has 0 spiro atoms. The van der Waals surface area contributed by atoms with Crippen molar-refractivity contribution in [3.63, 3.8) is 0 Å². The van der Waals surface area contributed by atoms with Crippen LogP contribution in [0.3, 0.4) is 0 Å². The summed E-state index contributed by atoms with van der Waals surface area (Å²) in [7, 11) is 0. The fourth-order valence-electron chi connectivity index (χ4n) is 6.31. The molecule has 6 heteroatoms. The number of carbonyl (C=O) groups is 1. The lowest BCUT2D eigenvalue weighted by atomic mass is 9.78. The lowest BCUT2D eigenvalue weighted by Gasteiger charge is -2.52. The first-order chi connectivity index (χ1) is 15.2. The fraction of sp³-hybridized carbons (Fsp3) is 0.720. The summed E-state index contributed by atoms with van der Waals surface area (Å²) in [6, 6.07) is 9.69. The van der Waals surface area contributed by atoms with E-state index in [0.717, 1.165) is 84.5 Å². The minimum atomic E-state index is -1.55. The van der Waals surface area contributed by atoms with Crippen LogP contribution in [0, 0.1) is 11.8 Å². The summed E-state index contributed by atoms with van der Waals surface area (Å²) < 4.78 is 11.8. The van der Waals surface area contributed by atoms with Gasteiger partial charge in [-0.25, -0.2) is 4.79 Å². The van der Waals surface area contributed by atoms with E-state index < -0.39 is 11.6 Å². The van der Waals surface area contributed by atoms with Crippen LogP contribution in [0.2, 0.25) is 0 Å². The van der Waals surface area contributed by atoms with Crippen molar-refractivity contribution in [3.05, 3.63) is 35.9 Å². The van der Waals surface area contributed by atoms with Gasteiger partial charge in [-0.15, -0.1) is 0 Å². The monoisotopic (exact) mass is 428 g/mol. The molecule has 6 nitrogen and oxygen atoms in total. The Morgan fingerprint density at radius 2 is 1.71 bits per heavy atom. The lowest BCUT2D eigenvalue weighted by molar-refractivity contribution is -0.195. The number of hydrogen-bond donors (Lipinski definition) is 1. The van der Waals surface area contributed by atoms with E-state index in [0.29, 0.717) is 11.5 Å². The van der Waals surface area contributed by atoms with Crippen LogP contribution in [-0.4, -0.2) is 79.0 Å². The first-order valence-corrected chi connectivity index (χ1v) is 12.2. The molecule has 0 radical (unpaired) electrons. The average Bonchev–Trinajstić information content (AvgIpc) is 3.37. The molecule has 5 fully saturated rings. The lowest BCUT2D eigenvalue weighted by Crippen LogP contribution is -2.63. The third-order valence-electron chi connectivity index (χ3n) is 8.15. The highest BCUT2D eigenvalue weighted by Crippen LogP contribution is 2.43. The maximum atomic E-state index is 13.7. The van der Waals surface area contributed by atoms with Crippen molar-refractivity contribution in [2.45, 2.75) is 56.3 Å². The van der Waals surface area contributed by atoms with Crippen molar-refractivity contribution >= 4 is 5.97 Å². The van der Waals surface area contributed by atoms with Gasteiger partial charge in [-0.05, 0) is 50.3 Å². The molecule has 6 rings (SSSR count). The molecule has 4 heterocycles. The number of ether oxygens (including phenoxy) is 2. The van der Waals surface area contributed by atoms with Crippen LogP contribution in [0.5, 0.6) is 0 Å². The maximum Gasteiger partial charge on any atom is 0.343 e. The van der Waals surface area contributed by atoms with Gasteiger partial charge in [0.1, 0.15) is 6.10 Å². The number of piperidine rings is 3. The normalized spacial score (nSPS) is 33.8. The minimum absolute atomic E-state index is 0.0684. The molecule has 5 aliphatic rings. The molecule has 1 aromatic carbocycles. The van der Waals surface area contributed by atoms with Gasteiger partial charge in [0.15, 0.2) is 5.60 Å². The summed E-state index contributed by atoms with van der Waals surface area (Å²) in [4.78, 5) is 18.7. The molecule has 4 aliphatic heterocycles. The smallest absolute Gasteiger partial charge is 0.343 e. The molecular weight excluding hydrogens is 392 g/mol. The highest BCUT2D eigenvalue weighted by molar-refractivity contribution is 5.82. The van der Waals surface area contributed by atoms with Crippen LogP contribution in [0.1, 0.15) is 44.1 Å². The van der Waals surface area contributed by atoms with Crippen molar-refractivity contribution in [1.29, 1.82) is 0 Å². The number of aliphatic hydroxyl groups is 1. The molecule has 1 aliphatic carbocycles. The third kappa shape index (κ3) is 4.15. The van der Waals surface area contributed by atoms with Crippen molar-refractivity contribution in [1.82, 2.24) is 9.80 Å². The van der Waals surface area contributed by atoms with Gasteiger partial charge in [0.2, 0.25) is 0 Å². The van der Waals surface area contributed by atoms with Crippen LogP contribution in [0.4, 0.5) is 0 Å². The summed E-state index contributed by atoms with van der Waals surface area (Å²) in [6.45, 7) is 6.49. The van der Waals surface area contributed by atoms with Crippen LogP contribution in [0.15, 0.2) is 30.3 Å². The van der Waals surface area contributed by atoms with Gasteiger partial charge in [-0.1, -0.05) is 43.2 Å². The number of rotatable bonds is 6. The minimum Gasteiger partial charge on any atom is -0.458 e. The van der Waals surface area contributed by atoms with E-state index in [1.165, 1.54) is 0 Å². The number of esters is 1. The number of nitrogens with zero attached hydrogens (tertiary/aromatic N) is 2. The van der Waals surface area contributed by atoms with E-state index in [-0.39, 0.29) is 18.1 Å². The van der Waals surface area contributed by atoms with E-state index in [2.05, 4.69) is 9.80 Å². The molecule has 1 N–H and O–H groups in total. The summed E-state index contributed by atoms with van der Waals surface area (Å²) >= 11 is 0. The predicted molar refractivity (Wildman–Crippen MR) is 118 cm³/mol. The van der Waals surface area contributed by atoms with Crippen molar-refractivity contribution in [3.8, 4) is 0 Å². The molecule has 4 saturated heterocycles. The molecule has 1 aromatic rings. The molecule has 1 saturated carbocycles. The van der Waals surface area contributed by atoms with Gasteiger partial charge in [0.25, 0.3) is 0 Å². The third-order valence-corrected chi connectivity index (χ3v) is 8.15. The van der Waals surface area contributed by atoms with Crippen LogP contribution >= 0.6 is 0 Å². The quantitative estimate of drug-likeness (QED) is 0.702. The second-order valence-corrected chi connectivity index (χ2v) is 9.84. The largest absolute Gasteiger partial charge is 0.458 e. The van der Waals surface area contributed by atoms with Gasteiger partial charge in [-0.3, -0.25) is 9.80 Å². The topological polar surface area (TPSA) is 62.2 Å². The van der Waals surface area contributed by atoms with Crippen molar-refractivity contribution in [2.75, 3.05) is 45.9 Å². The molecule has 0 unspecified atom stereocenters. The van der Waals surface area contributed by atoms with Crippen molar-refractivity contribution < 1.29 is 19.4 Å². The van der Waals surface area contributed by atoms with E-state index in [1.807, 2.05) is 30.3 Å². The predicted octanol–water partition coefficient (Wildman–Crippen LogP) is 2.40. The van der Waals surface area contributed by atoms with E-state index in [4.69, 9.17) is 9.47 Å². The SMILES string of the molecule is O=C(O[C@H]1C2CCN(CC2)[C@@H]1CN1CCOCC1)[C@@](O)(c1ccccc1)C1CCCC1. The summed E-state index contributed by atoms with van der Waals surface area (Å²) in [6.07, 6.45) is 5.87. The fourth-order valence-corrected chi connectivity index (χ4v) is 6.31. The Labute approximate surface area is 185 Å². The molecule has 3 atom stereocenters. The standard InChI is InChI=1S/C25H36N2O4/c28-24(25(29,21-8-4-5-9-21)20-6-2-1-3-7-20)31-23-19-10-12-27(13-11-19)22(23)18-26-14-16-30-17-15-26/h1-3,6-7,19,21-23,29H,4-5,8-18H2/t22-,23+,25-/m1/s1. The molecular formula is C25H36N2O4. The zero-order valence-electron chi connectivity index (χ0n) is 18.5. The zero-order valence-corrected chi connectivity index (χ0v) is 18.5. The van der Waals surface area contributed by atoms with E-state index in [9.17, 15) is 9.90 Å². The van der Waals surface area contributed by atoms with Gasteiger partial charge in [0, 0.05) is 25.6 Å². The molecule has 170 valence electrons. The molecule has 2 bridgehead atoms. The average molecular weight is 429 g/mol. The Kier molecular flexibility index (Phi) is 6.33. The van der Waals surface area contributed by atoms with Crippen molar-refractivity contribution in [2.24, 2.45) is 11.8 Å². The Balaban J connectivity index is 1.38. The van der Waals surface area contributed by atoms with Gasteiger partial charge in [-0.2, -0.15) is 0 Å². The number of hydrogen-bond acceptors (Lipinski definition) is 6. The van der Waals surface area contributed by atoms with E-state index >= 15 is 0 Å².